The van der Waals surface area contributed by atoms with Crippen LogP contribution in [0.25, 0.3) is 0 Å². The molecule has 27 heavy (non-hydrogen) atoms. The maximum absolute atomic E-state index is 4.92. The molecule has 2 N–H and O–H groups in total. The quantitative estimate of drug-likeness (QED) is 0.533. The number of guanidine groups is 1. The summed E-state index contributed by atoms with van der Waals surface area (Å²) in [6.45, 7) is 9.43. The second-order valence-corrected chi connectivity index (χ2v) is 10.0. The molecule has 0 spiro atoms. The van der Waals surface area contributed by atoms with E-state index in [1.807, 2.05) is 11.8 Å². The average molecular weight is 410 g/mol. The molecule has 1 saturated carbocycles. The Balaban J connectivity index is 1.42. The molecule has 1 aliphatic heterocycles. The Morgan fingerprint density at radius 3 is 2.78 bits per heavy atom. The Kier molecular flexibility index (Phi) is 8.27. The highest BCUT2D eigenvalue weighted by molar-refractivity contribution is 7.99. The Morgan fingerprint density at radius 2 is 2.15 bits per heavy atom. The van der Waals surface area contributed by atoms with Crippen molar-refractivity contribution in [2.45, 2.75) is 63.8 Å². The van der Waals surface area contributed by atoms with Crippen LogP contribution in [-0.2, 0) is 6.54 Å². The van der Waals surface area contributed by atoms with Gasteiger partial charge in [-0.25, -0.2) is 4.98 Å². The van der Waals surface area contributed by atoms with Gasteiger partial charge in [0, 0.05) is 36.3 Å². The summed E-state index contributed by atoms with van der Waals surface area (Å²) in [5, 5.41) is 11.3. The lowest BCUT2D eigenvalue weighted by atomic mass is 9.97. The van der Waals surface area contributed by atoms with Crippen LogP contribution in [0.2, 0.25) is 0 Å². The number of nitrogens with zero attached hydrogens (tertiary/aromatic N) is 3. The van der Waals surface area contributed by atoms with Crippen molar-refractivity contribution >= 4 is 29.1 Å². The molecule has 0 bridgehead atoms. The number of rotatable bonds is 7. The van der Waals surface area contributed by atoms with Gasteiger partial charge in [-0.3, -0.25) is 9.89 Å². The van der Waals surface area contributed by atoms with Gasteiger partial charge in [0.15, 0.2) is 5.96 Å². The molecule has 1 aliphatic carbocycles. The molecule has 1 aromatic rings. The average Bonchev–Trinajstić information content (AvgIpc) is 3.30. The summed E-state index contributed by atoms with van der Waals surface area (Å²) in [4.78, 5) is 12.1. The molecule has 0 aromatic carbocycles. The van der Waals surface area contributed by atoms with E-state index in [9.17, 15) is 0 Å². The van der Waals surface area contributed by atoms with Gasteiger partial charge in [-0.05, 0) is 71.2 Å². The van der Waals surface area contributed by atoms with Crippen LogP contribution in [0.4, 0.5) is 0 Å². The molecule has 2 aliphatic rings. The van der Waals surface area contributed by atoms with Crippen LogP contribution in [0.3, 0.4) is 0 Å². The highest BCUT2D eigenvalue weighted by atomic mass is 32.2. The minimum atomic E-state index is 0.587. The van der Waals surface area contributed by atoms with Crippen molar-refractivity contribution in [3.05, 3.63) is 16.1 Å². The normalized spacial score (nSPS) is 25.1. The van der Waals surface area contributed by atoms with Gasteiger partial charge in [-0.2, -0.15) is 11.8 Å². The van der Waals surface area contributed by atoms with Gasteiger partial charge in [-0.1, -0.05) is 0 Å². The monoisotopic (exact) mass is 409 g/mol. The Labute approximate surface area is 172 Å². The van der Waals surface area contributed by atoms with Crippen molar-refractivity contribution in [3.8, 4) is 0 Å². The van der Waals surface area contributed by atoms with E-state index in [0.29, 0.717) is 12.0 Å². The minimum Gasteiger partial charge on any atom is -0.357 e. The lowest BCUT2D eigenvalue weighted by molar-refractivity contribution is 0.179. The van der Waals surface area contributed by atoms with Crippen LogP contribution in [0, 0.1) is 12.8 Å². The molecule has 2 heterocycles. The molecule has 1 saturated heterocycles. The van der Waals surface area contributed by atoms with Crippen LogP contribution in [0.15, 0.2) is 10.4 Å². The van der Waals surface area contributed by atoms with Crippen LogP contribution in [-0.4, -0.2) is 59.6 Å². The van der Waals surface area contributed by atoms with E-state index >= 15 is 0 Å². The predicted octanol–water partition coefficient (Wildman–Crippen LogP) is 3.50. The first-order valence-corrected chi connectivity index (χ1v) is 12.5. The number of hydrogen-bond acceptors (Lipinski definition) is 5. The highest BCUT2D eigenvalue weighted by Crippen LogP contribution is 2.28. The molecule has 2 unspecified atom stereocenters. The van der Waals surface area contributed by atoms with Gasteiger partial charge >= 0.3 is 0 Å². The third-order valence-corrected chi connectivity index (χ3v) is 7.59. The van der Waals surface area contributed by atoms with Gasteiger partial charge in [0.2, 0.25) is 0 Å². The van der Waals surface area contributed by atoms with Crippen LogP contribution in [0.5, 0.6) is 0 Å². The molecular weight excluding hydrogens is 374 g/mol. The van der Waals surface area contributed by atoms with E-state index in [0.717, 1.165) is 30.8 Å². The molecule has 2 fully saturated rings. The zero-order valence-corrected chi connectivity index (χ0v) is 18.7. The number of piperidine rings is 1. The van der Waals surface area contributed by atoms with E-state index < -0.39 is 0 Å². The number of aromatic nitrogens is 1. The fourth-order valence-corrected chi connectivity index (χ4v) is 5.46. The number of thioether (sulfide) groups is 1. The fourth-order valence-electron chi connectivity index (χ4n) is 4.06. The summed E-state index contributed by atoms with van der Waals surface area (Å²) in [6.07, 6.45) is 8.57. The smallest absolute Gasteiger partial charge is 0.191 e. The topological polar surface area (TPSA) is 52.6 Å². The number of aryl methyl sites for hydroxylation is 1. The summed E-state index contributed by atoms with van der Waals surface area (Å²) in [7, 11) is 0. The third-order valence-electron chi connectivity index (χ3n) is 5.67. The number of hydrogen-bond donors (Lipinski definition) is 2. The van der Waals surface area contributed by atoms with Crippen molar-refractivity contribution in [2.24, 2.45) is 10.9 Å². The highest BCUT2D eigenvalue weighted by Gasteiger charge is 2.25. The Hall–Kier alpha value is -0.790. The second kappa shape index (κ2) is 10.7. The van der Waals surface area contributed by atoms with Crippen LogP contribution in [0.1, 0.15) is 49.7 Å². The maximum Gasteiger partial charge on any atom is 0.191 e. The molecule has 0 radical (unpaired) electrons. The van der Waals surface area contributed by atoms with Gasteiger partial charge in [0.05, 0.1) is 10.7 Å². The van der Waals surface area contributed by atoms with E-state index in [1.165, 1.54) is 55.9 Å². The molecule has 152 valence electrons. The Bertz CT molecular complexity index is 595. The van der Waals surface area contributed by atoms with Crippen molar-refractivity contribution in [3.63, 3.8) is 0 Å². The molecule has 1 aromatic heterocycles. The van der Waals surface area contributed by atoms with E-state index in [2.05, 4.69) is 46.0 Å². The first-order chi connectivity index (χ1) is 13.2. The van der Waals surface area contributed by atoms with Crippen LogP contribution < -0.4 is 10.6 Å². The first kappa shape index (κ1) is 20.9. The summed E-state index contributed by atoms with van der Waals surface area (Å²) >= 11 is 3.76. The lowest BCUT2D eigenvalue weighted by Gasteiger charge is -2.31. The van der Waals surface area contributed by atoms with Crippen molar-refractivity contribution in [1.29, 1.82) is 0 Å². The predicted molar refractivity (Wildman–Crippen MR) is 119 cm³/mol. The lowest BCUT2D eigenvalue weighted by Crippen LogP contribution is -2.43. The number of thiazole rings is 1. The fraction of sp³-hybridized carbons (Fsp3) is 0.800. The SMILES string of the molecule is CCNC(=NCC1CCN(Cc2csc(C)n2)CC1)NC1CCC(SC)C1. The number of nitrogens with one attached hydrogen (secondary N) is 2. The van der Waals surface area contributed by atoms with Gasteiger partial charge in [0.25, 0.3) is 0 Å². The van der Waals surface area contributed by atoms with Gasteiger partial charge < -0.3 is 10.6 Å². The summed E-state index contributed by atoms with van der Waals surface area (Å²) in [5.41, 5.74) is 1.23. The van der Waals surface area contributed by atoms with Crippen molar-refractivity contribution in [2.75, 3.05) is 32.4 Å². The largest absolute Gasteiger partial charge is 0.357 e. The molecule has 0 amide bonds. The van der Waals surface area contributed by atoms with E-state index in [4.69, 9.17) is 4.99 Å². The molecule has 3 rings (SSSR count). The zero-order chi connectivity index (χ0) is 19.1. The maximum atomic E-state index is 4.92. The number of aliphatic imine (C=N–C) groups is 1. The van der Waals surface area contributed by atoms with E-state index in [1.54, 1.807) is 11.3 Å². The van der Waals surface area contributed by atoms with Crippen molar-refractivity contribution < 1.29 is 0 Å². The Morgan fingerprint density at radius 1 is 1.33 bits per heavy atom. The summed E-state index contributed by atoms with van der Waals surface area (Å²) < 4.78 is 0. The summed E-state index contributed by atoms with van der Waals surface area (Å²) in [6, 6.07) is 0.587. The van der Waals surface area contributed by atoms with Crippen LogP contribution >= 0.6 is 23.1 Å². The molecule has 2 atom stereocenters. The summed E-state index contributed by atoms with van der Waals surface area (Å²) in [5.74, 6) is 1.72. The minimum absolute atomic E-state index is 0.587. The zero-order valence-electron chi connectivity index (χ0n) is 17.0. The molecule has 7 heteroatoms. The van der Waals surface area contributed by atoms with Gasteiger partial charge in [-0.15, -0.1) is 11.3 Å². The van der Waals surface area contributed by atoms with Gasteiger partial charge in [0.1, 0.15) is 0 Å². The first-order valence-electron chi connectivity index (χ1n) is 10.4. The number of likely N-dealkylation sites (tertiary alicyclic amines) is 1. The standard InChI is InChI=1S/C20H35N5S2/c1-4-21-20(24-17-5-6-19(11-17)26-3)22-12-16-7-9-25(10-8-16)13-18-14-27-15(2)23-18/h14,16-17,19H,4-13H2,1-3H3,(H2,21,22,24). The third kappa shape index (κ3) is 6.64. The van der Waals surface area contributed by atoms with Crippen molar-refractivity contribution in [1.82, 2.24) is 20.5 Å². The second-order valence-electron chi connectivity index (χ2n) is 7.81. The van der Waals surface area contributed by atoms with E-state index in [-0.39, 0.29) is 0 Å². The molecular formula is C20H35N5S2. The molecule has 5 nitrogen and oxygen atoms in total.